The van der Waals surface area contributed by atoms with Crippen LogP contribution in [0, 0.1) is 5.92 Å². The van der Waals surface area contributed by atoms with Gasteiger partial charge in [-0.05, 0) is 25.2 Å². The van der Waals surface area contributed by atoms with Crippen LogP contribution in [-0.4, -0.2) is 17.6 Å². The Morgan fingerprint density at radius 2 is 2.31 bits per heavy atom. The molecule has 0 spiro atoms. The van der Waals surface area contributed by atoms with Crippen molar-refractivity contribution in [2.45, 2.75) is 45.1 Å². The highest BCUT2D eigenvalue weighted by Crippen LogP contribution is 2.29. The molecule has 0 aromatic carbocycles. The first-order valence-corrected chi connectivity index (χ1v) is 7.12. The Morgan fingerprint density at radius 3 is 2.88 bits per heavy atom. The molecule has 1 atom stereocenters. The number of aromatic nitrogens is 1. The molecule has 3 nitrogen and oxygen atoms in total. The topological polar surface area (TPSA) is 50.9 Å². The Labute approximate surface area is 101 Å². The Balaban J connectivity index is 1.94. The van der Waals surface area contributed by atoms with E-state index in [-0.39, 0.29) is 0 Å². The normalized spacial score (nSPS) is 18.9. The van der Waals surface area contributed by atoms with Gasteiger partial charge in [-0.2, -0.15) is 0 Å². The fraction of sp³-hybridized carbons (Fsp3) is 0.750. The molecule has 1 heterocycles. The fourth-order valence-corrected chi connectivity index (χ4v) is 3.28. The van der Waals surface area contributed by atoms with Gasteiger partial charge >= 0.3 is 0 Å². The number of anilines is 1. The van der Waals surface area contributed by atoms with Crippen LogP contribution in [0.25, 0.3) is 0 Å². The lowest BCUT2D eigenvalue weighted by Crippen LogP contribution is -2.35. The first-order valence-electron chi connectivity index (χ1n) is 6.24. The third-order valence-corrected chi connectivity index (χ3v) is 4.27. The number of nitrogens with zero attached hydrogens (tertiary/aromatic N) is 1. The van der Waals surface area contributed by atoms with E-state index in [0.29, 0.717) is 12.6 Å². The maximum atomic E-state index is 5.85. The van der Waals surface area contributed by atoms with E-state index in [2.05, 4.69) is 22.6 Å². The van der Waals surface area contributed by atoms with Crippen LogP contribution < -0.4 is 11.1 Å². The average molecular weight is 239 g/mol. The largest absolute Gasteiger partial charge is 0.357 e. The second kappa shape index (κ2) is 5.64. The molecule has 3 N–H and O–H groups in total. The molecule has 1 saturated carbocycles. The van der Waals surface area contributed by atoms with Crippen molar-refractivity contribution in [3.63, 3.8) is 0 Å². The molecule has 1 fully saturated rings. The van der Waals surface area contributed by atoms with Gasteiger partial charge in [0.25, 0.3) is 0 Å². The maximum Gasteiger partial charge on any atom is 0.183 e. The third kappa shape index (κ3) is 2.74. The van der Waals surface area contributed by atoms with Crippen LogP contribution in [0.5, 0.6) is 0 Å². The molecule has 0 amide bonds. The van der Waals surface area contributed by atoms with Crippen molar-refractivity contribution in [2.75, 3.05) is 11.9 Å². The molecule has 16 heavy (non-hydrogen) atoms. The molecular weight excluding hydrogens is 218 g/mol. The van der Waals surface area contributed by atoms with Crippen LogP contribution in [-0.2, 0) is 6.42 Å². The molecule has 1 aromatic heterocycles. The minimum absolute atomic E-state index is 0.415. The molecule has 2 rings (SSSR count). The molecule has 90 valence electrons. The van der Waals surface area contributed by atoms with Gasteiger partial charge in [-0.25, -0.2) is 4.98 Å². The van der Waals surface area contributed by atoms with E-state index in [9.17, 15) is 0 Å². The monoisotopic (exact) mass is 239 g/mol. The van der Waals surface area contributed by atoms with Gasteiger partial charge in [0.05, 0.1) is 5.69 Å². The number of aryl methyl sites for hydroxylation is 1. The first-order chi connectivity index (χ1) is 7.83. The lowest BCUT2D eigenvalue weighted by atomic mass is 9.98. The highest BCUT2D eigenvalue weighted by molar-refractivity contribution is 7.13. The Morgan fingerprint density at radius 1 is 1.56 bits per heavy atom. The van der Waals surface area contributed by atoms with Crippen molar-refractivity contribution < 1.29 is 0 Å². The zero-order valence-corrected chi connectivity index (χ0v) is 10.7. The predicted molar refractivity (Wildman–Crippen MR) is 69.9 cm³/mol. The van der Waals surface area contributed by atoms with E-state index in [1.807, 2.05) is 0 Å². The average Bonchev–Trinajstić information content (AvgIpc) is 2.96. The number of rotatable bonds is 5. The van der Waals surface area contributed by atoms with E-state index in [4.69, 9.17) is 5.73 Å². The molecule has 1 unspecified atom stereocenters. The van der Waals surface area contributed by atoms with E-state index < -0.39 is 0 Å². The van der Waals surface area contributed by atoms with Crippen LogP contribution >= 0.6 is 11.3 Å². The first kappa shape index (κ1) is 11.9. The number of hydrogen-bond donors (Lipinski definition) is 2. The molecule has 1 aliphatic rings. The summed E-state index contributed by atoms with van der Waals surface area (Å²) in [6.07, 6.45) is 6.37. The van der Waals surface area contributed by atoms with E-state index in [0.717, 1.165) is 17.5 Å². The number of thiazole rings is 1. The van der Waals surface area contributed by atoms with Crippen molar-refractivity contribution in [3.05, 3.63) is 11.1 Å². The minimum atomic E-state index is 0.415. The SMILES string of the molecule is CCc1csc(NC(CN)C2CCCC2)n1. The van der Waals surface area contributed by atoms with Crippen molar-refractivity contribution in [1.82, 2.24) is 4.98 Å². The highest BCUT2D eigenvalue weighted by Gasteiger charge is 2.24. The molecule has 1 aromatic rings. The second-order valence-electron chi connectivity index (χ2n) is 4.53. The minimum Gasteiger partial charge on any atom is -0.357 e. The summed E-state index contributed by atoms with van der Waals surface area (Å²) in [4.78, 5) is 4.54. The van der Waals surface area contributed by atoms with Crippen molar-refractivity contribution in [2.24, 2.45) is 11.7 Å². The van der Waals surface area contributed by atoms with Gasteiger partial charge in [-0.1, -0.05) is 19.8 Å². The van der Waals surface area contributed by atoms with Gasteiger partial charge in [0.1, 0.15) is 0 Å². The maximum absolute atomic E-state index is 5.85. The predicted octanol–water partition coefficient (Wildman–Crippen LogP) is 2.63. The molecule has 0 aliphatic heterocycles. The van der Waals surface area contributed by atoms with Crippen LogP contribution in [0.4, 0.5) is 5.13 Å². The van der Waals surface area contributed by atoms with Gasteiger partial charge < -0.3 is 11.1 Å². The van der Waals surface area contributed by atoms with Gasteiger partial charge in [-0.3, -0.25) is 0 Å². The second-order valence-corrected chi connectivity index (χ2v) is 5.39. The summed E-state index contributed by atoms with van der Waals surface area (Å²) >= 11 is 1.70. The van der Waals surface area contributed by atoms with Gasteiger partial charge in [-0.15, -0.1) is 11.3 Å². The van der Waals surface area contributed by atoms with E-state index >= 15 is 0 Å². The van der Waals surface area contributed by atoms with Crippen LogP contribution in [0.1, 0.15) is 38.3 Å². The fourth-order valence-electron chi connectivity index (χ4n) is 2.42. The number of hydrogen-bond acceptors (Lipinski definition) is 4. The van der Waals surface area contributed by atoms with Gasteiger partial charge in [0, 0.05) is 18.0 Å². The highest BCUT2D eigenvalue weighted by atomic mass is 32.1. The number of nitrogens with one attached hydrogen (secondary N) is 1. The quantitative estimate of drug-likeness (QED) is 0.830. The summed E-state index contributed by atoms with van der Waals surface area (Å²) in [6, 6.07) is 0.415. The molecule has 4 heteroatoms. The zero-order valence-electron chi connectivity index (χ0n) is 9.91. The lowest BCUT2D eigenvalue weighted by molar-refractivity contribution is 0.462. The van der Waals surface area contributed by atoms with Crippen molar-refractivity contribution in [3.8, 4) is 0 Å². The molecule has 0 radical (unpaired) electrons. The summed E-state index contributed by atoms with van der Waals surface area (Å²) in [5, 5.41) is 6.68. The van der Waals surface area contributed by atoms with Crippen LogP contribution in [0.2, 0.25) is 0 Å². The van der Waals surface area contributed by atoms with Crippen LogP contribution in [0.3, 0.4) is 0 Å². The van der Waals surface area contributed by atoms with Gasteiger partial charge in [0.15, 0.2) is 5.13 Å². The number of nitrogens with two attached hydrogens (primary N) is 1. The summed E-state index contributed by atoms with van der Waals surface area (Å²) in [5.41, 5.74) is 7.03. The summed E-state index contributed by atoms with van der Waals surface area (Å²) in [5.74, 6) is 0.749. The van der Waals surface area contributed by atoms with Crippen molar-refractivity contribution in [1.29, 1.82) is 0 Å². The molecular formula is C12H21N3S. The zero-order chi connectivity index (χ0) is 11.4. The Kier molecular flexibility index (Phi) is 4.18. The Hall–Kier alpha value is -0.610. The Bertz CT molecular complexity index is 318. The van der Waals surface area contributed by atoms with E-state index in [1.165, 1.54) is 31.4 Å². The molecule has 1 aliphatic carbocycles. The third-order valence-electron chi connectivity index (χ3n) is 3.45. The van der Waals surface area contributed by atoms with Crippen LogP contribution in [0.15, 0.2) is 5.38 Å². The summed E-state index contributed by atoms with van der Waals surface area (Å²) < 4.78 is 0. The molecule has 0 saturated heterocycles. The lowest BCUT2D eigenvalue weighted by Gasteiger charge is -2.22. The summed E-state index contributed by atoms with van der Waals surface area (Å²) in [6.45, 7) is 2.85. The van der Waals surface area contributed by atoms with Gasteiger partial charge in [0.2, 0.25) is 0 Å². The van der Waals surface area contributed by atoms with Crippen molar-refractivity contribution >= 4 is 16.5 Å². The standard InChI is InChI=1S/C12H21N3S/c1-2-10-8-16-12(14-10)15-11(7-13)9-5-3-4-6-9/h8-9,11H,2-7,13H2,1H3,(H,14,15). The molecule has 0 bridgehead atoms. The van der Waals surface area contributed by atoms with E-state index in [1.54, 1.807) is 11.3 Å². The summed E-state index contributed by atoms with van der Waals surface area (Å²) in [7, 11) is 0. The smallest absolute Gasteiger partial charge is 0.183 e.